The zero-order chi connectivity index (χ0) is 22.7. The van der Waals surface area contributed by atoms with E-state index in [0.29, 0.717) is 41.0 Å². The van der Waals surface area contributed by atoms with Crippen LogP contribution in [0.1, 0.15) is 44.2 Å². The van der Waals surface area contributed by atoms with E-state index in [2.05, 4.69) is 22.4 Å². The summed E-state index contributed by atoms with van der Waals surface area (Å²) in [6, 6.07) is 16.6. The standard InChI is InChI=1S/C25H24ClN3O3/c1-16-3-4-18(13-22(16)28-24(30)19-7-10-23(26)27-14-19)25(31)29-12-11-20(15-29)17-5-8-21(32-2)9-6-17/h3-10,13-14,20H,11-12,15H2,1-2H3,(H,28,30). The maximum Gasteiger partial charge on any atom is 0.257 e. The highest BCUT2D eigenvalue weighted by atomic mass is 35.5. The first-order valence-corrected chi connectivity index (χ1v) is 10.8. The summed E-state index contributed by atoms with van der Waals surface area (Å²) in [4.78, 5) is 31.5. The fourth-order valence-corrected chi connectivity index (χ4v) is 3.98. The van der Waals surface area contributed by atoms with E-state index in [1.165, 1.54) is 11.8 Å². The molecule has 0 bridgehead atoms. The smallest absolute Gasteiger partial charge is 0.257 e. The average molecular weight is 450 g/mol. The fraction of sp³-hybridized carbons (Fsp3) is 0.240. The van der Waals surface area contributed by atoms with Gasteiger partial charge in [-0.2, -0.15) is 0 Å². The summed E-state index contributed by atoms with van der Waals surface area (Å²) in [7, 11) is 1.65. The van der Waals surface area contributed by atoms with E-state index < -0.39 is 0 Å². The van der Waals surface area contributed by atoms with Crippen molar-refractivity contribution < 1.29 is 14.3 Å². The molecule has 0 spiro atoms. The zero-order valence-corrected chi connectivity index (χ0v) is 18.7. The van der Waals surface area contributed by atoms with E-state index in [1.54, 1.807) is 31.4 Å². The highest BCUT2D eigenvalue weighted by Crippen LogP contribution is 2.30. The molecule has 1 aliphatic rings. The van der Waals surface area contributed by atoms with E-state index in [9.17, 15) is 9.59 Å². The molecule has 0 aliphatic carbocycles. The second kappa shape index (κ2) is 9.40. The third kappa shape index (κ3) is 4.75. The molecule has 1 saturated heterocycles. The van der Waals surface area contributed by atoms with Gasteiger partial charge in [0.1, 0.15) is 10.9 Å². The molecular weight excluding hydrogens is 426 g/mol. The van der Waals surface area contributed by atoms with Crippen molar-refractivity contribution in [3.63, 3.8) is 0 Å². The predicted octanol–water partition coefficient (Wildman–Crippen LogP) is 4.93. The number of amides is 2. The number of hydrogen-bond donors (Lipinski definition) is 1. The molecule has 1 atom stereocenters. The lowest BCUT2D eigenvalue weighted by atomic mass is 9.98. The number of carbonyl (C=O) groups excluding carboxylic acids is 2. The summed E-state index contributed by atoms with van der Waals surface area (Å²) in [6.45, 7) is 3.25. The molecule has 7 heteroatoms. The van der Waals surface area contributed by atoms with Crippen LogP contribution in [0.15, 0.2) is 60.8 Å². The summed E-state index contributed by atoms with van der Waals surface area (Å²) in [6.07, 6.45) is 2.34. The summed E-state index contributed by atoms with van der Waals surface area (Å²) < 4.78 is 5.23. The van der Waals surface area contributed by atoms with Gasteiger partial charge in [0.15, 0.2) is 0 Å². The van der Waals surface area contributed by atoms with Gasteiger partial charge in [0.25, 0.3) is 11.8 Å². The number of rotatable bonds is 5. The average Bonchev–Trinajstić information content (AvgIpc) is 3.31. The van der Waals surface area contributed by atoms with Crippen LogP contribution < -0.4 is 10.1 Å². The van der Waals surface area contributed by atoms with Crippen molar-refractivity contribution in [2.45, 2.75) is 19.3 Å². The maximum absolute atomic E-state index is 13.1. The largest absolute Gasteiger partial charge is 0.497 e. The number of halogens is 1. The Labute approximate surface area is 192 Å². The number of ether oxygens (including phenoxy) is 1. The minimum atomic E-state index is -0.303. The van der Waals surface area contributed by atoms with Crippen LogP contribution in [-0.4, -0.2) is 41.9 Å². The molecule has 32 heavy (non-hydrogen) atoms. The number of pyridine rings is 1. The lowest BCUT2D eigenvalue weighted by Gasteiger charge is -2.18. The van der Waals surface area contributed by atoms with Crippen LogP contribution in [0.25, 0.3) is 0 Å². The monoisotopic (exact) mass is 449 g/mol. The maximum atomic E-state index is 13.1. The van der Waals surface area contributed by atoms with Crippen molar-refractivity contribution in [2.75, 3.05) is 25.5 Å². The molecule has 0 radical (unpaired) electrons. The van der Waals surface area contributed by atoms with Crippen molar-refractivity contribution in [1.29, 1.82) is 0 Å². The molecule has 1 N–H and O–H groups in total. The Balaban J connectivity index is 1.46. The van der Waals surface area contributed by atoms with Crippen LogP contribution in [0.5, 0.6) is 5.75 Å². The highest BCUT2D eigenvalue weighted by molar-refractivity contribution is 6.29. The Bertz CT molecular complexity index is 1130. The number of nitrogens with zero attached hydrogens (tertiary/aromatic N) is 2. The van der Waals surface area contributed by atoms with E-state index in [0.717, 1.165) is 17.7 Å². The summed E-state index contributed by atoms with van der Waals surface area (Å²) in [5, 5.41) is 3.20. The number of carbonyl (C=O) groups is 2. The van der Waals surface area contributed by atoms with Gasteiger partial charge in [0.2, 0.25) is 0 Å². The first kappa shape index (κ1) is 21.8. The molecule has 0 saturated carbocycles. The van der Waals surface area contributed by atoms with Crippen molar-refractivity contribution in [3.05, 3.63) is 88.2 Å². The fourth-order valence-electron chi connectivity index (χ4n) is 3.87. The molecule has 2 amide bonds. The van der Waals surface area contributed by atoms with Gasteiger partial charge in [-0.25, -0.2) is 4.98 Å². The number of anilines is 1. The van der Waals surface area contributed by atoms with Crippen LogP contribution in [0.4, 0.5) is 5.69 Å². The van der Waals surface area contributed by atoms with Gasteiger partial charge < -0.3 is 15.0 Å². The quantitative estimate of drug-likeness (QED) is 0.560. The summed E-state index contributed by atoms with van der Waals surface area (Å²) >= 11 is 5.79. The van der Waals surface area contributed by atoms with Gasteiger partial charge >= 0.3 is 0 Å². The normalized spacial score (nSPS) is 15.5. The number of nitrogens with one attached hydrogen (secondary N) is 1. The second-order valence-corrected chi connectivity index (χ2v) is 8.25. The van der Waals surface area contributed by atoms with E-state index in [4.69, 9.17) is 16.3 Å². The second-order valence-electron chi connectivity index (χ2n) is 7.86. The van der Waals surface area contributed by atoms with Crippen LogP contribution in [0.3, 0.4) is 0 Å². The number of aromatic nitrogens is 1. The Hall–Kier alpha value is -3.38. The molecular formula is C25H24ClN3O3. The van der Waals surface area contributed by atoms with E-state index in [-0.39, 0.29) is 11.8 Å². The highest BCUT2D eigenvalue weighted by Gasteiger charge is 2.28. The molecule has 2 heterocycles. The number of hydrogen-bond acceptors (Lipinski definition) is 4. The number of aryl methyl sites for hydroxylation is 1. The minimum Gasteiger partial charge on any atom is -0.497 e. The number of benzene rings is 2. The zero-order valence-electron chi connectivity index (χ0n) is 18.0. The van der Waals surface area contributed by atoms with Gasteiger partial charge in [0, 0.05) is 36.5 Å². The van der Waals surface area contributed by atoms with Gasteiger partial charge in [0.05, 0.1) is 12.7 Å². The molecule has 1 aliphatic heterocycles. The first-order chi connectivity index (χ1) is 15.4. The summed E-state index contributed by atoms with van der Waals surface area (Å²) in [5.74, 6) is 0.780. The van der Waals surface area contributed by atoms with Gasteiger partial charge in [-0.1, -0.05) is 29.8 Å². The molecule has 1 fully saturated rings. The Morgan fingerprint density at radius 3 is 2.53 bits per heavy atom. The lowest BCUT2D eigenvalue weighted by Crippen LogP contribution is -2.28. The molecule has 4 rings (SSSR count). The van der Waals surface area contributed by atoms with Crippen molar-refractivity contribution in [1.82, 2.24) is 9.88 Å². The van der Waals surface area contributed by atoms with Crippen LogP contribution in [0.2, 0.25) is 5.15 Å². The molecule has 3 aromatic rings. The molecule has 164 valence electrons. The third-order valence-electron chi connectivity index (χ3n) is 5.78. The lowest BCUT2D eigenvalue weighted by molar-refractivity contribution is 0.0790. The number of methoxy groups -OCH3 is 1. The van der Waals surface area contributed by atoms with Crippen LogP contribution in [-0.2, 0) is 0 Å². The summed E-state index contributed by atoms with van der Waals surface area (Å²) in [5.41, 5.74) is 3.62. The minimum absolute atomic E-state index is 0.0373. The third-order valence-corrected chi connectivity index (χ3v) is 6.01. The Kier molecular flexibility index (Phi) is 6.42. The van der Waals surface area contributed by atoms with E-state index in [1.807, 2.05) is 30.0 Å². The Morgan fingerprint density at radius 2 is 1.84 bits per heavy atom. The van der Waals surface area contributed by atoms with E-state index >= 15 is 0 Å². The van der Waals surface area contributed by atoms with Gasteiger partial charge in [-0.05, 0) is 60.9 Å². The van der Waals surface area contributed by atoms with Crippen molar-refractivity contribution in [2.24, 2.45) is 0 Å². The van der Waals surface area contributed by atoms with Gasteiger partial charge in [-0.15, -0.1) is 0 Å². The predicted molar refractivity (Wildman–Crippen MR) is 125 cm³/mol. The van der Waals surface area contributed by atoms with Gasteiger partial charge in [-0.3, -0.25) is 9.59 Å². The molecule has 2 aromatic carbocycles. The molecule has 6 nitrogen and oxygen atoms in total. The Morgan fingerprint density at radius 1 is 1.09 bits per heavy atom. The van der Waals surface area contributed by atoms with Crippen LogP contribution >= 0.6 is 11.6 Å². The first-order valence-electron chi connectivity index (χ1n) is 10.4. The SMILES string of the molecule is COc1ccc(C2CCN(C(=O)c3ccc(C)c(NC(=O)c4ccc(Cl)nc4)c3)C2)cc1. The van der Waals surface area contributed by atoms with Crippen LogP contribution in [0, 0.1) is 6.92 Å². The molecule has 1 aromatic heterocycles. The van der Waals surface area contributed by atoms with Crippen molar-refractivity contribution in [3.8, 4) is 5.75 Å². The molecule has 1 unspecified atom stereocenters. The number of likely N-dealkylation sites (tertiary alicyclic amines) is 1. The topological polar surface area (TPSA) is 71.5 Å². The van der Waals surface area contributed by atoms with Crippen molar-refractivity contribution >= 4 is 29.1 Å².